The van der Waals surface area contributed by atoms with Gasteiger partial charge in [0, 0.05) is 7.05 Å². The number of halogens is 3. The monoisotopic (exact) mass is 398 g/mol. The van der Waals surface area contributed by atoms with Crippen molar-refractivity contribution in [2.24, 2.45) is 7.05 Å². The summed E-state index contributed by atoms with van der Waals surface area (Å²) < 4.78 is 39.0. The third-order valence-electron chi connectivity index (χ3n) is 4.67. The van der Waals surface area contributed by atoms with Gasteiger partial charge in [-0.2, -0.15) is 13.2 Å². The Morgan fingerprint density at radius 2 is 1.96 bits per heavy atom. The molecular weight excluding hydrogens is 377 g/mol. The Hall–Kier alpha value is -2.03. The third kappa shape index (κ3) is 4.63. The first-order valence-electron chi connectivity index (χ1n) is 8.76. The molecule has 0 saturated heterocycles. The predicted molar refractivity (Wildman–Crippen MR) is 96.4 cm³/mol. The smallest absolute Gasteiger partial charge is 0.349 e. The first kappa shape index (κ1) is 19.7. The molecule has 5 nitrogen and oxygen atoms in total. The lowest BCUT2D eigenvalue weighted by Crippen LogP contribution is -2.28. The van der Waals surface area contributed by atoms with E-state index in [4.69, 9.17) is 0 Å². The van der Waals surface area contributed by atoms with Crippen molar-refractivity contribution in [2.75, 3.05) is 5.75 Å². The highest BCUT2D eigenvalue weighted by atomic mass is 32.2. The van der Waals surface area contributed by atoms with E-state index in [9.17, 15) is 18.0 Å². The molecule has 1 amide bonds. The molecule has 1 aliphatic carbocycles. The van der Waals surface area contributed by atoms with Crippen LogP contribution in [0.25, 0.3) is 0 Å². The van der Waals surface area contributed by atoms with E-state index in [0.717, 1.165) is 34.7 Å². The van der Waals surface area contributed by atoms with E-state index >= 15 is 0 Å². The number of hydrogen-bond acceptors (Lipinski definition) is 4. The van der Waals surface area contributed by atoms with Gasteiger partial charge in [-0.1, -0.05) is 30.0 Å². The van der Waals surface area contributed by atoms with Gasteiger partial charge in [0.25, 0.3) is 0 Å². The number of amides is 1. The Labute approximate surface area is 159 Å². The number of carbonyl (C=O) groups is 1. The minimum atomic E-state index is -4.57. The van der Waals surface area contributed by atoms with Crippen LogP contribution in [0.2, 0.25) is 0 Å². The van der Waals surface area contributed by atoms with Gasteiger partial charge in [-0.3, -0.25) is 4.79 Å². The molecule has 0 unspecified atom stereocenters. The summed E-state index contributed by atoms with van der Waals surface area (Å²) in [7, 11) is 1.23. The Morgan fingerprint density at radius 3 is 2.63 bits per heavy atom. The van der Waals surface area contributed by atoms with Crippen molar-refractivity contribution in [3.63, 3.8) is 0 Å². The molecule has 1 heterocycles. The number of rotatable bonds is 5. The zero-order valence-corrected chi connectivity index (χ0v) is 16.0. The van der Waals surface area contributed by atoms with Gasteiger partial charge < -0.3 is 9.88 Å². The maximum Gasteiger partial charge on any atom is 0.451 e. The minimum absolute atomic E-state index is 0.0287. The van der Waals surface area contributed by atoms with Gasteiger partial charge >= 0.3 is 6.18 Å². The van der Waals surface area contributed by atoms with Crippen LogP contribution in [0.1, 0.15) is 48.3 Å². The molecule has 1 aromatic heterocycles. The molecule has 0 radical (unpaired) electrons. The molecule has 1 N–H and O–H groups in total. The lowest BCUT2D eigenvalue weighted by atomic mass is 9.89. The highest BCUT2D eigenvalue weighted by Crippen LogP contribution is 2.29. The van der Waals surface area contributed by atoms with Crippen LogP contribution in [0.15, 0.2) is 23.4 Å². The molecule has 0 saturated carbocycles. The SMILES string of the molecule is C[C@@H](NC(=O)CSc1nnc(C(F)(F)F)n1C)c1ccc2c(c1)CCCC2. The van der Waals surface area contributed by atoms with Gasteiger partial charge in [0.05, 0.1) is 11.8 Å². The number of thioether (sulfide) groups is 1. The predicted octanol–water partition coefficient (Wildman–Crippen LogP) is 3.68. The summed E-state index contributed by atoms with van der Waals surface area (Å²) in [5.41, 5.74) is 3.75. The van der Waals surface area contributed by atoms with Crippen LogP contribution < -0.4 is 5.32 Å². The lowest BCUT2D eigenvalue weighted by molar-refractivity contribution is -0.147. The molecule has 0 aliphatic heterocycles. The number of aromatic nitrogens is 3. The highest BCUT2D eigenvalue weighted by molar-refractivity contribution is 7.99. The van der Waals surface area contributed by atoms with Crippen molar-refractivity contribution in [1.82, 2.24) is 20.1 Å². The number of hydrogen-bond donors (Lipinski definition) is 1. The second-order valence-electron chi connectivity index (χ2n) is 6.68. The zero-order chi connectivity index (χ0) is 19.6. The summed E-state index contributed by atoms with van der Waals surface area (Å²) in [6.07, 6.45) is 0.00118. The topological polar surface area (TPSA) is 59.8 Å². The summed E-state index contributed by atoms with van der Waals surface area (Å²) in [6.45, 7) is 1.90. The Kier molecular flexibility index (Phi) is 5.78. The van der Waals surface area contributed by atoms with E-state index in [1.165, 1.54) is 31.0 Å². The fourth-order valence-corrected chi connectivity index (χ4v) is 3.93. The molecule has 0 fully saturated rings. The van der Waals surface area contributed by atoms with Gasteiger partial charge in [-0.05, 0) is 49.3 Å². The summed E-state index contributed by atoms with van der Waals surface area (Å²) >= 11 is 0.929. The van der Waals surface area contributed by atoms with Crippen LogP contribution in [-0.2, 0) is 30.9 Å². The van der Waals surface area contributed by atoms with E-state index in [0.29, 0.717) is 0 Å². The normalized spacial score (nSPS) is 15.3. The minimum Gasteiger partial charge on any atom is -0.349 e. The Bertz CT molecular complexity index is 834. The van der Waals surface area contributed by atoms with Crippen LogP contribution in [0.5, 0.6) is 0 Å². The molecule has 27 heavy (non-hydrogen) atoms. The molecule has 1 atom stereocenters. The van der Waals surface area contributed by atoms with E-state index in [2.05, 4.69) is 27.6 Å². The Balaban J connectivity index is 1.57. The van der Waals surface area contributed by atoms with Crippen LogP contribution >= 0.6 is 11.8 Å². The number of aryl methyl sites for hydroxylation is 2. The number of benzene rings is 1. The second kappa shape index (κ2) is 7.92. The number of nitrogens with zero attached hydrogens (tertiary/aromatic N) is 3. The molecule has 9 heteroatoms. The third-order valence-corrected chi connectivity index (χ3v) is 5.69. The molecule has 2 aromatic rings. The zero-order valence-electron chi connectivity index (χ0n) is 15.1. The Morgan fingerprint density at radius 1 is 1.26 bits per heavy atom. The summed E-state index contributed by atoms with van der Waals surface area (Å²) in [4.78, 5) is 12.2. The molecule has 3 rings (SSSR count). The number of carbonyl (C=O) groups excluding carboxylic acids is 1. The van der Waals surface area contributed by atoms with Crippen molar-refractivity contribution in [1.29, 1.82) is 0 Å². The molecule has 1 aromatic carbocycles. The maximum atomic E-state index is 12.7. The van der Waals surface area contributed by atoms with Crippen LogP contribution in [0.3, 0.4) is 0 Å². The van der Waals surface area contributed by atoms with Crippen LogP contribution in [0.4, 0.5) is 13.2 Å². The van der Waals surface area contributed by atoms with Crippen LogP contribution in [-0.4, -0.2) is 26.4 Å². The number of fused-ring (bicyclic) bond motifs is 1. The largest absolute Gasteiger partial charge is 0.451 e. The summed E-state index contributed by atoms with van der Waals surface area (Å²) in [6, 6.07) is 6.13. The molecule has 146 valence electrons. The van der Waals surface area contributed by atoms with E-state index in [1.807, 2.05) is 13.0 Å². The van der Waals surface area contributed by atoms with Gasteiger partial charge in [0.2, 0.25) is 11.7 Å². The average molecular weight is 398 g/mol. The quantitative estimate of drug-likeness (QED) is 0.781. The lowest BCUT2D eigenvalue weighted by Gasteiger charge is -2.20. The molecular formula is C18H21F3N4OS. The highest BCUT2D eigenvalue weighted by Gasteiger charge is 2.37. The van der Waals surface area contributed by atoms with Gasteiger partial charge in [0.1, 0.15) is 0 Å². The first-order valence-corrected chi connectivity index (χ1v) is 9.74. The van der Waals surface area contributed by atoms with Gasteiger partial charge in [0.15, 0.2) is 5.16 Å². The summed E-state index contributed by atoms with van der Waals surface area (Å²) in [5.74, 6) is -1.37. The first-order chi connectivity index (χ1) is 12.8. The number of nitrogens with one attached hydrogen (secondary N) is 1. The van der Waals surface area contributed by atoms with E-state index in [-0.39, 0.29) is 22.9 Å². The summed E-state index contributed by atoms with van der Waals surface area (Å²) in [5, 5.41) is 9.61. The van der Waals surface area contributed by atoms with E-state index in [1.54, 1.807) is 0 Å². The van der Waals surface area contributed by atoms with Crippen molar-refractivity contribution < 1.29 is 18.0 Å². The van der Waals surface area contributed by atoms with Crippen LogP contribution in [0, 0.1) is 0 Å². The standard InChI is InChI=1S/C18H21F3N4OS/c1-11(13-8-7-12-5-3-4-6-14(12)9-13)22-15(26)10-27-17-24-23-16(25(17)2)18(19,20)21/h7-9,11H,3-6,10H2,1-2H3,(H,22,26)/t11-/m1/s1. The van der Waals surface area contributed by atoms with Gasteiger partial charge in [-0.25, -0.2) is 0 Å². The second-order valence-corrected chi connectivity index (χ2v) is 7.62. The van der Waals surface area contributed by atoms with Crippen molar-refractivity contribution in [2.45, 2.75) is 50.0 Å². The average Bonchev–Trinajstić information content (AvgIpc) is 3.00. The fraction of sp³-hybridized carbons (Fsp3) is 0.500. The molecule has 0 bridgehead atoms. The molecule has 0 spiro atoms. The van der Waals surface area contributed by atoms with Crippen molar-refractivity contribution >= 4 is 17.7 Å². The molecule has 1 aliphatic rings. The fourth-order valence-electron chi connectivity index (χ4n) is 3.21. The number of alkyl halides is 3. The maximum absolute atomic E-state index is 12.7. The van der Waals surface area contributed by atoms with E-state index < -0.39 is 12.0 Å². The van der Waals surface area contributed by atoms with Crippen molar-refractivity contribution in [3.05, 3.63) is 40.7 Å². The van der Waals surface area contributed by atoms with Crippen molar-refractivity contribution in [3.8, 4) is 0 Å². The van der Waals surface area contributed by atoms with Gasteiger partial charge in [-0.15, -0.1) is 10.2 Å².